The van der Waals surface area contributed by atoms with E-state index in [1.807, 2.05) is 0 Å². The summed E-state index contributed by atoms with van der Waals surface area (Å²) >= 11 is 1.72. The summed E-state index contributed by atoms with van der Waals surface area (Å²) in [5, 5.41) is 8.31. The van der Waals surface area contributed by atoms with E-state index in [1.165, 1.54) is 15.8 Å². The molecule has 4 nitrogen and oxygen atoms in total. The van der Waals surface area contributed by atoms with Gasteiger partial charge < -0.3 is 5.32 Å². The molecule has 1 aromatic carbocycles. The molecule has 6 heteroatoms. The Labute approximate surface area is 117 Å². The topological polar surface area (TPSA) is 72.2 Å². The fourth-order valence-electron chi connectivity index (χ4n) is 1.75. The van der Waals surface area contributed by atoms with Gasteiger partial charge in [0.2, 0.25) is 10.0 Å². The van der Waals surface area contributed by atoms with E-state index in [1.54, 1.807) is 29.5 Å². The lowest BCUT2D eigenvalue weighted by atomic mass is 10.3. The molecular formula is C13H16N2O2S2. The highest BCUT2D eigenvalue weighted by atomic mass is 32.2. The Bertz CT molecular complexity index is 663. The van der Waals surface area contributed by atoms with Crippen molar-refractivity contribution in [3.05, 3.63) is 46.2 Å². The minimum Gasteiger partial charge on any atom is -0.379 e. The zero-order valence-corrected chi connectivity index (χ0v) is 12.2. The molecule has 0 amide bonds. The number of anilines is 1. The summed E-state index contributed by atoms with van der Waals surface area (Å²) in [5.74, 6) is 0. The Morgan fingerprint density at radius 2 is 1.84 bits per heavy atom. The van der Waals surface area contributed by atoms with Crippen LogP contribution in [0.4, 0.5) is 5.69 Å². The zero-order chi connectivity index (χ0) is 13.9. The van der Waals surface area contributed by atoms with Gasteiger partial charge in [-0.2, -0.15) is 0 Å². The predicted molar refractivity (Wildman–Crippen MR) is 78.8 cm³/mol. The van der Waals surface area contributed by atoms with Gasteiger partial charge in [0.05, 0.1) is 5.69 Å². The number of sulfonamides is 1. The quantitative estimate of drug-likeness (QED) is 0.890. The van der Waals surface area contributed by atoms with Crippen molar-refractivity contribution in [2.45, 2.75) is 24.8 Å². The van der Waals surface area contributed by atoms with Gasteiger partial charge in [-0.3, -0.25) is 0 Å². The second kappa shape index (κ2) is 5.73. The van der Waals surface area contributed by atoms with E-state index in [-0.39, 0.29) is 4.90 Å². The van der Waals surface area contributed by atoms with Gasteiger partial charge >= 0.3 is 0 Å². The second-order valence-corrected chi connectivity index (χ2v) is 6.90. The fourth-order valence-corrected chi connectivity index (χ4v) is 3.36. The first-order valence-electron chi connectivity index (χ1n) is 5.94. The van der Waals surface area contributed by atoms with E-state index in [0.717, 1.165) is 6.42 Å². The summed E-state index contributed by atoms with van der Waals surface area (Å²) in [6.07, 6.45) is 1.01. The first kappa shape index (κ1) is 14.0. The van der Waals surface area contributed by atoms with Crippen LogP contribution < -0.4 is 10.5 Å². The van der Waals surface area contributed by atoms with Crippen LogP contribution in [-0.2, 0) is 23.0 Å². The van der Waals surface area contributed by atoms with Crippen molar-refractivity contribution in [1.29, 1.82) is 0 Å². The summed E-state index contributed by atoms with van der Waals surface area (Å²) in [6, 6.07) is 10.8. The number of para-hydroxylation sites is 1. The average molecular weight is 296 g/mol. The number of nitrogens with one attached hydrogen (secondary N) is 1. The van der Waals surface area contributed by atoms with Crippen LogP contribution in [0.5, 0.6) is 0 Å². The lowest BCUT2D eigenvalue weighted by Crippen LogP contribution is -2.14. The van der Waals surface area contributed by atoms with E-state index in [2.05, 4.69) is 24.4 Å². The van der Waals surface area contributed by atoms with Crippen LogP contribution in [0.3, 0.4) is 0 Å². The standard InChI is InChI=1S/C13H16N2O2S2/c1-2-10-7-8-11(18-10)9-15-12-5-3-4-6-13(12)19(14,16)17/h3-8,15H,2,9H2,1H3,(H2,14,16,17). The minimum atomic E-state index is -3.70. The van der Waals surface area contributed by atoms with E-state index in [4.69, 9.17) is 5.14 Å². The molecule has 102 valence electrons. The number of primary sulfonamides is 1. The molecule has 0 saturated heterocycles. The molecule has 0 bridgehead atoms. The Morgan fingerprint density at radius 3 is 2.47 bits per heavy atom. The van der Waals surface area contributed by atoms with Gasteiger partial charge in [-0.15, -0.1) is 11.3 Å². The lowest BCUT2D eigenvalue weighted by molar-refractivity contribution is 0.598. The molecule has 0 aliphatic heterocycles. The maximum absolute atomic E-state index is 11.5. The van der Waals surface area contributed by atoms with Gasteiger partial charge in [-0.1, -0.05) is 19.1 Å². The molecule has 1 heterocycles. The number of aryl methyl sites for hydroxylation is 1. The largest absolute Gasteiger partial charge is 0.379 e. The Hall–Kier alpha value is -1.37. The number of benzene rings is 1. The normalized spacial score (nSPS) is 11.5. The van der Waals surface area contributed by atoms with Crippen molar-refractivity contribution in [3.63, 3.8) is 0 Å². The Kier molecular flexibility index (Phi) is 4.24. The maximum atomic E-state index is 11.5. The summed E-state index contributed by atoms with van der Waals surface area (Å²) in [5.41, 5.74) is 0.538. The number of rotatable bonds is 5. The molecule has 2 rings (SSSR count). The molecule has 0 radical (unpaired) electrons. The third kappa shape index (κ3) is 3.56. The Balaban J connectivity index is 2.16. The number of thiophene rings is 1. The molecule has 0 fully saturated rings. The molecule has 0 saturated carbocycles. The average Bonchev–Trinajstić information content (AvgIpc) is 2.83. The van der Waals surface area contributed by atoms with Gasteiger partial charge in [0.15, 0.2) is 0 Å². The van der Waals surface area contributed by atoms with Gasteiger partial charge in [0, 0.05) is 16.3 Å². The molecule has 19 heavy (non-hydrogen) atoms. The maximum Gasteiger partial charge on any atom is 0.240 e. The van der Waals surface area contributed by atoms with Gasteiger partial charge in [0.25, 0.3) is 0 Å². The monoisotopic (exact) mass is 296 g/mol. The van der Waals surface area contributed by atoms with Gasteiger partial charge in [0.1, 0.15) is 4.90 Å². The molecular weight excluding hydrogens is 280 g/mol. The summed E-state index contributed by atoms with van der Waals surface area (Å²) < 4.78 is 22.9. The van der Waals surface area contributed by atoms with Crippen LogP contribution >= 0.6 is 11.3 Å². The van der Waals surface area contributed by atoms with Crippen LogP contribution in [0.1, 0.15) is 16.7 Å². The fraction of sp³-hybridized carbons (Fsp3) is 0.231. The molecule has 2 aromatic rings. The summed E-state index contributed by atoms with van der Waals surface area (Å²) in [4.78, 5) is 2.61. The van der Waals surface area contributed by atoms with Crippen LogP contribution in [0.25, 0.3) is 0 Å². The first-order valence-corrected chi connectivity index (χ1v) is 8.30. The SMILES string of the molecule is CCc1ccc(CNc2ccccc2S(N)(=O)=O)s1. The van der Waals surface area contributed by atoms with Gasteiger partial charge in [-0.25, -0.2) is 13.6 Å². The highest BCUT2D eigenvalue weighted by molar-refractivity contribution is 7.89. The zero-order valence-electron chi connectivity index (χ0n) is 10.6. The molecule has 1 aromatic heterocycles. The van der Waals surface area contributed by atoms with Crippen molar-refractivity contribution in [3.8, 4) is 0 Å². The highest BCUT2D eigenvalue weighted by Gasteiger charge is 2.12. The van der Waals surface area contributed by atoms with Crippen LogP contribution in [0.15, 0.2) is 41.3 Å². The van der Waals surface area contributed by atoms with Crippen molar-refractivity contribution in [2.24, 2.45) is 5.14 Å². The van der Waals surface area contributed by atoms with Crippen LogP contribution in [0.2, 0.25) is 0 Å². The molecule has 0 unspecified atom stereocenters. The van der Waals surface area contributed by atoms with E-state index >= 15 is 0 Å². The number of hydrogen-bond donors (Lipinski definition) is 2. The van der Waals surface area contributed by atoms with Crippen molar-refractivity contribution in [1.82, 2.24) is 0 Å². The third-order valence-corrected chi connectivity index (χ3v) is 4.91. The number of nitrogens with two attached hydrogens (primary N) is 1. The minimum absolute atomic E-state index is 0.127. The molecule has 0 atom stereocenters. The molecule has 3 N–H and O–H groups in total. The third-order valence-electron chi connectivity index (χ3n) is 2.71. The second-order valence-electron chi connectivity index (χ2n) is 4.12. The summed E-state index contributed by atoms with van der Waals surface area (Å²) in [6.45, 7) is 2.70. The molecule has 0 aliphatic carbocycles. The smallest absolute Gasteiger partial charge is 0.240 e. The van der Waals surface area contributed by atoms with Gasteiger partial charge in [-0.05, 0) is 30.7 Å². The lowest BCUT2D eigenvalue weighted by Gasteiger charge is -2.09. The highest BCUT2D eigenvalue weighted by Crippen LogP contribution is 2.22. The molecule has 0 aliphatic rings. The van der Waals surface area contributed by atoms with Crippen LogP contribution in [-0.4, -0.2) is 8.42 Å². The summed E-state index contributed by atoms with van der Waals surface area (Å²) in [7, 11) is -3.70. The van der Waals surface area contributed by atoms with E-state index in [9.17, 15) is 8.42 Å². The number of hydrogen-bond acceptors (Lipinski definition) is 4. The Morgan fingerprint density at radius 1 is 1.16 bits per heavy atom. The van der Waals surface area contributed by atoms with Crippen LogP contribution in [0, 0.1) is 0 Å². The molecule has 0 spiro atoms. The van der Waals surface area contributed by atoms with Crippen molar-refractivity contribution in [2.75, 3.05) is 5.32 Å². The van der Waals surface area contributed by atoms with Crippen molar-refractivity contribution >= 4 is 27.0 Å². The van der Waals surface area contributed by atoms with E-state index < -0.39 is 10.0 Å². The predicted octanol–water partition coefficient (Wildman–Crippen LogP) is 2.57. The van der Waals surface area contributed by atoms with E-state index in [0.29, 0.717) is 12.2 Å². The van der Waals surface area contributed by atoms with Crippen molar-refractivity contribution < 1.29 is 8.42 Å². The first-order chi connectivity index (χ1) is 9.00.